The van der Waals surface area contributed by atoms with Gasteiger partial charge in [-0.25, -0.2) is 0 Å². The van der Waals surface area contributed by atoms with Crippen LogP contribution in [0.1, 0.15) is 43.0 Å². The summed E-state index contributed by atoms with van der Waals surface area (Å²) in [5.74, 6) is 0.778. The molecule has 0 bridgehead atoms. The van der Waals surface area contributed by atoms with E-state index >= 15 is 0 Å². The molecule has 98 valence electrons. The van der Waals surface area contributed by atoms with E-state index in [4.69, 9.17) is 10.5 Å². The van der Waals surface area contributed by atoms with Crippen molar-refractivity contribution < 1.29 is 9.53 Å². The minimum atomic E-state index is -0.342. The third-order valence-corrected chi connectivity index (χ3v) is 3.63. The van der Waals surface area contributed by atoms with Gasteiger partial charge < -0.3 is 10.5 Å². The molecule has 0 radical (unpaired) electrons. The van der Waals surface area contributed by atoms with Gasteiger partial charge in [0.05, 0.1) is 12.8 Å². The summed E-state index contributed by atoms with van der Waals surface area (Å²) >= 11 is 0. The van der Waals surface area contributed by atoms with Crippen LogP contribution < -0.4 is 10.5 Å². The summed E-state index contributed by atoms with van der Waals surface area (Å²) in [6, 6.07) is 1.78. The summed E-state index contributed by atoms with van der Waals surface area (Å²) in [5.41, 5.74) is 6.03. The van der Waals surface area contributed by atoms with E-state index < -0.39 is 0 Å². The standard InChI is InChI=1S/C14H20N2O2/c1-2-6-18-12-7-11(8-16-9-12)13(17)14(10-15)4-3-5-14/h7-9H,2-6,10,15H2,1H3. The van der Waals surface area contributed by atoms with E-state index in [-0.39, 0.29) is 11.2 Å². The van der Waals surface area contributed by atoms with Crippen molar-refractivity contribution in [2.75, 3.05) is 13.2 Å². The van der Waals surface area contributed by atoms with Crippen LogP contribution in [-0.4, -0.2) is 23.9 Å². The van der Waals surface area contributed by atoms with E-state index in [1.807, 2.05) is 6.92 Å². The number of Topliss-reactive ketones (excluding diaryl/α,β-unsaturated/α-hetero) is 1. The van der Waals surface area contributed by atoms with E-state index in [0.29, 0.717) is 24.5 Å². The van der Waals surface area contributed by atoms with E-state index in [0.717, 1.165) is 25.7 Å². The molecule has 0 aromatic carbocycles. The molecule has 4 nitrogen and oxygen atoms in total. The van der Waals surface area contributed by atoms with Crippen molar-refractivity contribution in [2.24, 2.45) is 11.1 Å². The Balaban J connectivity index is 2.15. The summed E-state index contributed by atoms with van der Waals surface area (Å²) in [4.78, 5) is 16.5. The van der Waals surface area contributed by atoms with Crippen molar-refractivity contribution in [2.45, 2.75) is 32.6 Å². The lowest BCUT2D eigenvalue weighted by Gasteiger charge is -2.39. The average Bonchev–Trinajstić information content (AvgIpc) is 2.36. The molecule has 1 aliphatic carbocycles. The topological polar surface area (TPSA) is 65.2 Å². The van der Waals surface area contributed by atoms with Crippen LogP contribution in [0.2, 0.25) is 0 Å². The van der Waals surface area contributed by atoms with Crippen LogP contribution in [0.25, 0.3) is 0 Å². The molecule has 0 amide bonds. The number of hydrogen-bond acceptors (Lipinski definition) is 4. The Morgan fingerprint density at radius 1 is 1.50 bits per heavy atom. The van der Waals surface area contributed by atoms with E-state index in [9.17, 15) is 4.79 Å². The summed E-state index contributed by atoms with van der Waals surface area (Å²) in [7, 11) is 0. The molecule has 0 saturated heterocycles. The Bertz CT molecular complexity index is 422. The summed E-state index contributed by atoms with van der Waals surface area (Å²) in [6.45, 7) is 3.10. The number of carbonyl (C=O) groups excluding carboxylic acids is 1. The highest BCUT2D eigenvalue weighted by Crippen LogP contribution is 2.42. The molecular formula is C14H20N2O2. The van der Waals surface area contributed by atoms with Gasteiger partial charge in [-0.2, -0.15) is 0 Å². The Morgan fingerprint density at radius 2 is 2.28 bits per heavy atom. The largest absolute Gasteiger partial charge is 0.492 e. The molecule has 1 aromatic heterocycles. The molecule has 0 spiro atoms. The third-order valence-electron chi connectivity index (χ3n) is 3.63. The van der Waals surface area contributed by atoms with Crippen LogP contribution in [0.15, 0.2) is 18.5 Å². The predicted molar refractivity (Wildman–Crippen MR) is 69.7 cm³/mol. The maximum absolute atomic E-state index is 12.4. The van der Waals surface area contributed by atoms with Crippen LogP contribution in [0.5, 0.6) is 5.75 Å². The molecular weight excluding hydrogens is 228 g/mol. The average molecular weight is 248 g/mol. The lowest BCUT2D eigenvalue weighted by atomic mass is 9.65. The fraction of sp³-hybridized carbons (Fsp3) is 0.571. The van der Waals surface area contributed by atoms with Gasteiger partial charge >= 0.3 is 0 Å². The number of ether oxygens (including phenoxy) is 1. The second-order valence-corrected chi connectivity index (χ2v) is 4.92. The molecule has 1 fully saturated rings. The minimum absolute atomic E-state index is 0.116. The van der Waals surface area contributed by atoms with Crippen molar-refractivity contribution in [3.8, 4) is 5.75 Å². The van der Waals surface area contributed by atoms with Crippen LogP contribution >= 0.6 is 0 Å². The number of pyridine rings is 1. The van der Waals surface area contributed by atoms with Gasteiger partial charge in [0.2, 0.25) is 0 Å². The summed E-state index contributed by atoms with van der Waals surface area (Å²) in [5, 5.41) is 0. The first-order valence-corrected chi connectivity index (χ1v) is 6.54. The Kier molecular flexibility index (Phi) is 3.97. The lowest BCUT2D eigenvalue weighted by Crippen LogP contribution is -2.44. The van der Waals surface area contributed by atoms with Gasteiger partial charge in [-0.05, 0) is 25.3 Å². The Labute approximate surface area is 108 Å². The van der Waals surface area contributed by atoms with Crippen LogP contribution in [-0.2, 0) is 0 Å². The van der Waals surface area contributed by atoms with Crippen molar-refractivity contribution >= 4 is 5.78 Å². The maximum Gasteiger partial charge on any atom is 0.171 e. The second kappa shape index (κ2) is 5.48. The number of carbonyl (C=O) groups is 1. The van der Waals surface area contributed by atoms with E-state index in [1.165, 1.54) is 0 Å². The molecule has 1 heterocycles. The molecule has 0 unspecified atom stereocenters. The molecule has 1 aromatic rings. The summed E-state index contributed by atoms with van der Waals surface area (Å²) < 4.78 is 5.50. The van der Waals surface area contributed by atoms with Crippen LogP contribution in [0.3, 0.4) is 0 Å². The number of nitrogens with zero attached hydrogens (tertiary/aromatic N) is 1. The number of rotatable bonds is 6. The second-order valence-electron chi connectivity index (χ2n) is 4.92. The van der Waals surface area contributed by atoms with Gasteiger partial charge in [0.25, 0.3) is 0 Å². The van der Waals surface area contributed by atoms with Crippen LogP contribution in [0.4, 0.5) is 0 Å². The Hall–Kier alpha value is -1.42. The van der Waals surface area contributed by atoms with Crippen molar-refractivity contribution in [1.82, 2.24) is 4.98 Å². The zero-order valence-corrected chi connectivity index (χ0v) is 10.8. The maximum atomic E-state index is 12.4. The van der Waals surface area contributed by atoms with Crippen molar-refractivity contribution in [3.63, 3.8) is 0 Å². The highest BCUT2D eigenvalue weighted by molar-refractivity contribution is 6.01. The van der Waals surface area contributed by atoms with E-state index in [2.05, 4.69) is 4.98 Å². The van der Waals surface area contributed by atoms with Crippen molar-refractivity contribution in [3.05, 3.63) is 24.0 Å². The predicted octanol–water partition coefficient (Wildman–Crippen LogP) is 2.18. The number of ketones is 1. The monoisotopic (exact) mass is 248 g/mol. The Morgan fingerprint density at radius 3 is 2.83 bits per heavy atom. The number of hydrogen-bond donors (Lipinski definition) is 1. The fourth-order valence-electron chi connectivity index (χ4n) is 2.28. The van der Waals surface area contributed by atoms with Gasteiger partial charge in [-0.3, -0.25) is 9.78 Å². The molecule has 2 rings (SSSR count). The minimum Gasteiger partial charge on any atom is -0.492 e. The first-order valence-electron chi connectivity index (χ1n) is 6.54. The highest BCUT2D eigenvalue weighted by Gasteiger charge is 2.43. The molecule has 1 aliphatic rings. The van der Waals surface area contributed by atoms with Gasteiger partial charge in [-0.15, -0.1) is 0 Å². The third kappa shape index (κ3) is 2.38. The highest BCUT2D eigenvalue weighted by atomic mass is 16.5. The first kappa shape index (κ1) is 13.0. The molecule has 2 N–H and O–H groups in total. The number of aromatic nitrogens is 1. The molecule has 4 heteroatoms. The zero-order chi connectivity index (χ0) is 13.0. The zero-order valence-electron chi connectivity index (χ0n) is 10.8. The molecule has 18 heavy (non-hydrogen) atoms. The molecule has 0 aliphatic heterocycles. The van der Waals surface area contributed by atoms with Crippen molar-refractivity contribution in [1.29, 1.82) is 0 Å². The lowest BCUT2D eigenvalue weighted by molar-refractivity contribution is 0.0635. The molecule has 0 atom stereocenters. The smallest absolute Gasteiger partial charge is 0.171 e. The first-order chi connectivity index (χ1) is 8.72. The molecule has 1 saturated carbocycles. The van der Waals surface area contributed by atoms with E-state index in [1.54, 1.807) is 18.5 Å². The number of nitrogens with two attached hydrogens (primary N) is 1. The van der Waals surface area contributed by atoms with Gasteiger partial charge in [0.15, 0.2) is 5.78 Å². The van der Waals surface area contributed by atoms with Crippen LogP contribution in [0, 0.1) is 5.41 Å². The summed E-state index contributed by atoms with van der Waals surface area (Å²) in [6.07, 6.45) is 7.05. The normalized spacial score (nSPS) is 17.0. The van der Waals surface area contributed by atoms with Gasteiger partial charge in [0, 0.05) is 23.7 Å². The SMILES string of the molecule is CCCOc1cncc(C(=O)C2(CN)CCC2)c1. The fourth-order valence-corrected chi connectivity index (χ4v) is 2.28. The quantitative estimate of drug-likeness (QED) is 0.784. The van der Waals surface area contributed by atoms with Gasteiger partial charge in [0.1, 0.15) is 5.75 Å². The van der Waals surface area contributed by atoms with Gasteiger partial charge in [-0.1, -0.05) is 13.3 Å².